The van der Waals surface area contributed by atoms with Crippen LogP contribution in [0.4, 0.5) is 0 Å². The van der Waals surface area contributed by atoms with Crippen LogP contribution in [0.3, 0.4) is 0 Å². The maximum Gasteiger partial charge on any atom is 0.221 e. The highest BCUT2D eigenvalue weighted by atomic mass is 16.5. The van der Waals surface area contributed by atoms with Crippen LogP contribution in [0.5, 0.6) is 5.75 Å². The van der Waals surface area contributed by atoms with Crippen molar-refractivity contribution in [1.82, 2.24) is 10.6 Å². The van der Waals surface area contributed by atoms with E-state index in [4.69, 9.17) is 4.74 Å². The van der Waals surface area contributed by atoms with E-state index in [0.29, 0.717) is 19.5 Å². The van der Waals surface area contributed by atoms with Crippen molar-refractivity contribution in [1.29, 1.82) is 0 Å². The number of aryl methyl sites for hydroxylation is 1. The van der Waals surface area contributed by atoms with E-state index in [9.17, 15) is 4.79 Å². The molecule has 0 spiro atoms. The van der Waals surface area contributed by atoms with Gasteiger partial charge < -0.3 is 15.4 Å². The van der Waals surface area contributed by atoms with E-state index in [0.717, 1.165) is 17.9 Å². The molecule has 2 aromatic carbocycles. The summed E-state index contributed by atoms with van der Waals surface area (Å²) in [6.45, 7) is 4.08. The summed E-state index contributed by atoms with van der Waals surface area (Å²) in [5, 5.41) is 6.22. The number of ether oxygens (including phenoxy) is 1. The van der Waals surface area contributed by atoms with Crippen LogP contribution in [0.2, 0.25) is 0 Å². The van der Waals surface area contributed by atoms with Gasteiger partial charge in [0.2, 0.25) is 5.91 Å². The number of carbonyl (C=O) groups excluding carboxylic acids is 1. The zero-order chi connectivity index (χ0) is 16.5. The van der Waals surface area contributed by atoms with Gasteiger partial charge in [0, 0.05) is 26.1 Å². The summed E-state index contributed by atoms with van der Waals surface area (Å²) >= 11 is 0. The molecule has 0 aromatic heterocycles. The molecular weight excluding hydrogens is 288 g/mol. The third kappa shape index (κ3) is 6.12. The monoisotopic (exact) mass is 312 g/mol. The van der Waals surface area contributed by atoms with Gasteiger partial charge in [-0.05, 0) is 30.2 Å². The SMILES string of the molecule is COc1ccc(CNC(=O)CCNCc2cccc(C)c2)cc1. The first-order chi connectivity index (χ1) is 11.2. The van der Waals surface area contributed by atoms with E-state index in [-0.39, 0.29) is 5.91 Å². The minimum atomic E-state index is 0.0533. The molecule has 2 N–H and O–H groups in total. The lowest BCUT2D eigenvalue weighted by Crippen LogP contribution is -2.27. The molecule has 2 rings (SSSR count). The minimum Gasteiger partial charge on any atom is -0.497 e. The predicted octanol–water partition coefficient (Wildman–Crippen LogP) is 2.80. The Balaban J connectivity index is 1.63. The Hall–Kier alpha value is -2.33. The molecule has 0 fully saturated rings. The van der Waals surface area contributed by atoms with E-state index < -0.39 is 0 Å². The Bertz CT molecular complexity index is 624. The van der Waals surface area contributed by atoms with Crippen LogP contribution in [-0.4, -0.2) is 19.6 Å². The van der Waals surface area contributed by atoms with Crippen LogP contribution in [0.25, 0.3) is 0 Å². The summed E-state index contributed by atoms with van der Waals surface area (Å²) in [6.07, 6.45) is 0.474. The van der Waals surface area contributed by atoms with Crippen LogP contribution >= 0.6 is 0 Å². The maximum atomic E-state index is 11.8. The fraction of sp³-hybridized carbons (Fsp3) is 0.316. The number of rotatable bonds is 8. The van der Waals surface area contributed by atoms with E-state index in [1.54, 1.807) is 7.11 Å². The van der Waals surface area contributed by atoms with Crippen LogP contribution in [0.15, 0.2) is 48.5 Å². The number of methoxy groups -OCH3 is 1. The molecule has 0 saturated carbocycles. The molecule has 1 amide bonds. The molecule has 0 bridgehead atoms. The molecular formula is C19H24N2O2. The summed E-state index contributed by atoms with van der Waals surface area (Å²) in [7, 11) is 1.64. The van der Waals surface area contributed by atoms with Crippen molar-refractivity contribution >= 4 is 5.91 Å². The van der Waals surface area contributed by atoms with Gasteiger partial charge in [-0.15, -0.1) is 0 Å². The second-order valence-corrected chi connectivity index (χ2v) is 5.54. The number of benzene rings is 2. The summed E-state index contributed by atoms with van der Waals surface area (Å²) in [6, 6.07) is 16.1. The van der Waals surface area contributed by atoms with Crippen LogP contribution in [0, 0.1) is 6.92 Å². The molecule has 0 aliphatic heterocycles. The Morgan fingerprint density at radius 2 is 1.83 bits per heavy atom. The van der Waals surface area contributed by atoms with Crippen LogP contribution in [-0.2, 0) is 17.9 Å². The number of amides is 1. The maximum absolute atomic E-state index is 11.8. The van der Waals surface area contributed by atoms with Gasteiger partial charge in [0.05, 0.1) is 7.11 Å². The number of nitrogens with one attached hydrogen (secondary N) is 2. The highest BCUT2D eigenvalue weighted by molar-refractivity contribution is 5.76. The molecule has 0 radical (unpaired) electrons. The van der Waals surface area contributed by atoms with Crippen LogP contribution in [0.1, 0.15) is 23.1 Å². The van der Waals surface area contributed by atoms with Gasteiger partial charge in [-0.25, -0.2) is 0 Å². The van der Waals surface area contributed by atoms with Crippen molar-refractivity contribution in [3.05, 3.63) is 65.2 Å². The molecule has 0 heterocycles. The van der Waals surface area contributed by atoms with Crippen molar-refractivity contribution < 1.29 is 9.53 Å². The number of hydrogen-bond acceptors (Lipinski definition) is 3. The van der Waals surface area contributed by atoms with Crippen LogP contribution < -0.4 is 15.4 Å². The van der Waals surface area contributed by atoms with Gasteiger partial charge >= 0.3 is 0 Å². The normalized spacial score (nSPS) is 10.3. The summed E-state index contributed by atoms with van der Waals surface area (Å²) in [4.78, 5) is 11.8. The van der Waals surface area contributed by atoms with Crippen molar-refractivity contribution in [2.24, 2.45) is 0 Å². The van der Waals surface area contributed by atoms with Gasteiger partial charge in [-0.1, -0.05) is 42.0 Å². The lowest BCUT2D eigenvalue weighted by atomic mass is 10.1. The van der Waals surface area contributed by atoms with Gasteiger partial charge in [-0.2, -0.15) is 0 Å². The molecule has 2 aromatic rings. The van der Waals surface area contributed by atoms with E-state index in [2.05, 4.69) is 35.8 Å². The van der Waals surface area contributed by atoms with Crippen molar-refractivity contribution in [3.8, 4) is 5.75 Å². The second kappa shape index (κ2) is 8.96. The molecule has 122 valence electrons. The zero-order valence-corrected chi connectivity index (χ0v) is 13.8. The summed E-state index contributed by atoms with van der Waals surface area (Å²) in [5.41, 5.74) is 3.55. The highest BCUT2D eigenvalue weighted by Gasteiger charge is 2.02. The number of hydrogen-bond donors (Lipinski definition) is 2. The van der Waals surface area contributed by atoms with Crippen molar-refractivity contribution in [3.63, 3.8) is 0 Å². The Morgan fingerprint density at radius 1 is 1.04 bits per heavy atom. The smallest absolute Gasteiger partial charge is 0.221 e. The Kier molecular flexibility index (Phi) is 6.63. The topological polar surface area (TPSA) is 50.4 Å². The molecule has 0 saturated heterocycles. The molecule has 0 aliphatic carbocycles. The highest BCUT2D eigenvalue weighted by Crippen LogP contribution is 2.10. The molecule has 4 heteroatoms. The molecule has 23 heavy (non-hydrogen) atoms. The van der Waals surface area contributed by atoms with Gasteiger partial charge in [0.1, 0.15) is 5.75 Å². The lowest BCUT2D eigenvalue weighted by molar-refractivity contribution is -0.121. The largest absolute Gasteiger partial charge is 0.497 e. The third-order valence-corrected chi connectivity index (χ3v) is 3.59. The molecule has 0 atom stereocenters. The first-order valence-corrected chi connectivity index (χ1v) is 7.83. The van der Waals surface area contributed by atoms with E-state index in [1.165, 1.54) is 11.1 Å². The summed E-state index contributed by atoms with van der Waals surface area (Å²) < 4.78 is 5.11. The second-order valence-electron chi connectivity index (χ2n) is 5.54. The molecule has 0 aliphatic rings. The Morgan fingerprint density at radius 3 is 2.52 bits per heavy atom. The van der Waals surface area contributed by atoms with Crippen molar-refractivity contribution in [2.75, 3.05) is 13.7 Å². The zero-order valence-electron chi connectivity index (χ0n) is 13.8. The number of carbonyl (C=O) groups is 1. The minimum absolute atomic E-state index is 0.0533. The van der Waals surface area contributed by atoms with Gasteiger partial charge in [0.15, 0.2) is 0 Å². The predicted molar refractivity (Wildman–Crippen MR) is 92.3 cm³/mol. The average molecular weight is 312 g/mol. The third-order valence-electron chi connectivity index (χ3n) is 3.59. The molecule has 0 unspecified atom stereocenters. The lowest BCUT2D eigenvalue weighted by Gasteiger charge is -2.08. The summed E-state index contributed by atoms with van der Waals surface area (Å²) in [5.74, 6) is 0.873. The van der Waals surface area contributed by atoms with Gasteiger partial charge in [-0.3, -0.25) is 4.79 Å². The van der Waals surface area contributed by atoms with E-state index in [1.807, 2.05) is 30.3 Å². The molecule has 4 nitrogen and oxygen atoms in total. The first-order valence-electron chi connectivity index (χ1n) is 7.83. The average Bonchev–Trinajstić information content (AvgIpc) is 2.57. The quantitative estimate of drug-likeness (QED) is 0.737. The fourth-order valence-corrected chi connectivity index (χ4v) is 2.29. The Labute approximate surface area is 137 Å². The van der Waals surface area contributed by atoms with Crippen molar-refractivity contribution in [2.45, 2.75) is 26.4 Å². The fourth-order valence-electron chi connectivity index (χ4n) is 2.29. The van der Waals surface area contributed by atoms with E-state index >= 15 is 0 Å². The standard InChI is InChI=1S/C19H24N2O2/c1-15-4-3-5-17(12-15)13-20-11-10-19(22)21-14-16-6-8-18(23-2)9-7-16/h3-9,12,20H,10-11,13-14H2,1-2H3,(H,21,22). The first kappa shape index (κ1) is 17.0. The van der Waals surface area contributed by atoms with Gasteiger partial charge in [0.25, 0.3) is 0 Å².